The van der Waals surface area contributed by atoms with E-state index >= 15 is 0 Å². The summed E-state index contributed by atoms with van der Waals surface area (Å²) in [4.78, 5) is 11.0. The summed E-state index contributed by atoms with van der Waals surface area (Å²) in [6, 6.07) is -0.398. The highest BCUT2D eigenvalue weighted by atomic mass is 16.5. The molecule has 1 rings (SSSR count). The molecule has 4 heteroatoms. The lowest BCUT2D eigenvalue weighted by Gasteiger charge is -2.34. The van der Waals surface area contributed by atoms with E-state index in [4.69, 9.17) is 9.84 Å². The summed E-state index contributed by atoms with van der Waals surface area (Å²) >= 11 is 0. The van der Waals surface area contributed by atoms with Crippen LogP contribution in [0.4, 0.5) is 0 Å². The van der Waals surface area contributed by atoms with Crippen LogP contribution < -0.4 is 5.32 Å². The Kier molecular flexibility index (Phi) is 5.22. The normalized spacial score (nSPS) is 21.6. The smallest absolute Gasteiger partial charge is 0.320 e. The fourth-order valence-electron chi connectivity index (χ4n) is 2.01. The van der Waals surface area contributed by atoms with Crippen molar-refractivity contribution in [3.63, 3.8) is 0 Å². The van der Waals surface area contributed by atoms with E-state index in [0.29, 0.717) is 6.42 Å². The molecule has 0 radical (unpaired) electrons. The van der Waals surface area contributed by atoms with Gasteiger partial charge in [0.25, 0.3) is 0 Å². The standard InChI is InChI=1S/C12H23NO3/c1-3-4-10(11(14)15)13-9-12(2)5-7-16-8-6-12/h10,13H,3-9H2,1-2H3,(H,14,15). The number of aliphatic carboxylic acids is 1. The summed E-state index contributed by atoms with van der Waals surface area (Å²) in [6.45, 7) is 6.57. The first-order chi connectivity index (χ1) is 7.57. The zero-order chi connectivity index (χ0) is 12.0. The Morgan fingerprint density at radius 1 is 1.50 bits per heavy atom. The SMILES string of the molecule is CCCC(NCC1(C)CCOCC1)C(=O)O. The Bertz CT molecular complexity index is 224. The van der Waals surface area contributed by atoms with E-state index in [1.165, 1.54) is 0 Å². The number of ether oxygens (including phenoxy) is 1. The minimum Gasteiger partial charge on any atom is -0.480 e. The molecule has 0 bridgehead atoms. The van der Waals surface area contributed by atoms with Gasteiger partial charge in [-0.3, -0.25) is 4.79 Å². The second-order valence-electron chi connectivity index (χ2n) is 4.98. The molecule has 16 heavy (non-hydrogen) atoms. The number of carbonyl (C=O) groups is 1. The van der Waals surface area contributed by atoms with Crippen LogP contribution in [0, 0.1) is 5.41 Å². The van der Waals surface area contributed by atoms with E-state index in [9.17, 15) is 4.79 Å². The fourth-order valence-corrected chi connectivity index (χ4v) is 2.01. The maximum Gasteiger partial charge on any atom is 0.320 e. The van der Waals surface area contributed by atoms with Gasteiger partial charge in [0.1, 0.15) is 6.04 Å². The average molecular weight is 229 g/mol. The number of hydrogen-bond donors (Lipinski definition) is 2. The number of nitrogens with one attached hydrogen (secondary N) is 1. The van der Waals surface area contributed by atoms with Crippen molar-refractivity contribution < 1.29 is 14.6 Å². The molecule has 0 aliphatic carbocycles. The maximum absolute atomic E-state index is 11.0. The Balaban J connectivity index is 2.37. The molecule has 1 saturated heterocycles. The van der Waals surface area contributed by atoms with Crippen LogP contribution in [0.2, 0.25) is 0 Å². The number of carboxylic acid groups (broad SMARTS) is 1. The molecule has 2 N–H and O–H groups in total. The minimum atomic E-state index is -0.738. The van der Waals surface area contributed by atoms with Gasteiger partial charge >= 0.3 is 5.97 Å². The lowest BCUT2D eigenvalue weighted by molar-refractivity contribution is -0.139. The van der Waals surface area contributed by atoms with Gasteiger partial charge < -0.3 is 15.2 Å². The number of rotatable bonds is 6. The third-order valence-corrected chi connectivity index (χ3v) is 3.35. The Morgan fingerprint density at radius 3 is 2.62 bits per heavy atom. The molecule has 0 amide bonds. The molecule has 1 fully saturated rings. The summed E-state index contributed by atoms with van der Waals surface area (Å²) in [5.41, 5.74) is 0.194. The van der Waals surface area contributed by atoms with Crippen molar-refractivity contribution in [3.8, 4) is 0 Å². The molecule has 1 unspecified atom stereocenters. The van der Waals surface area contributed by atoms with Crippen LogP contribution >= 0.6 is 0 Å². The van der Waals surface area contributed by atoms with E-state index < -0.39 is 12.0 Å². The molecule has 1 atom stereocenters. The lowest BCUT2D eigenvalue weighted by atomic mass is 9.82. The Morgan fingerprint density at radius 2 is 2.12 bits per heavy atom. The second kappa shape index (κ2) is 6.21. The number of carboxylic acids is 1. The quantitative estimate of drug-likeness (QED) is 0.727. The molecule has 1 aliphatic heterocycles. The molecule has 0 spiro atoms. The zero-order valence-electron chi connectivity index (χ0n) is 10.3. The van der Waals surface area contributed by atoms with Gasteiger partial charge in [0, 0.05) is 19.8 Å². The maximum atomic E-state index is 11.0. The highest BCUT2D eigenvalue weighted by molar-refractivity contribution is 5.73. The molecule has 94 valence electrons. The average Bonchev–Trinajstić information content (AvgIpc) is 2.25. The molecule has 1 aliphatic rings. The molecular formula is C12H23NO3. The fraction of sp³-hybridized carbons (Fsp3) is 0.917. The zero-order valence-corrected chi connectivity index (χ0v) is 10.3. The van der Waals surface area contributed by atoms with Crippen molar-refractivity contribution in [1.82, 2.24) is 5.32 Å². The highest BCUT2D eigenvalue weighted by Gasteiger charge is 2.28. The summed E-state index contributed by atoms with van der Waals surface area (Å²) in [5.74, 6) is -0.738. The van der Waals surface area contributed by atoms with Crippen LogP contribution in [-0.2, 0) is 9.53 Å². The highest BCUT2D eigenvalue weighted by Crippen LogP contribution is 2.28. The predicted octanol–water partition coefficient (Wildman–Crippen LogP) is 1.65. The number of hydrogen-bond acceptors (Lipinski definition) is 3. The first kappa shape index (κ1) is 13.5. The van der Waals surface area contributed by atoms with Crippen molar-refractivity contribution in [3.05, 3.63) is 0 Å². The summed E-state index contributed by atoms with van der Waals surface area (Å²) in [7, 11) is 0. The molecule has 0 aromatic heterocycles. The van der Waals surface area contributed by atoms with Crippen LogP contribution in [0.3, 0.4) is 0 Å². The first-order valence-corrected chi connectivity index (χ1v) is 6.11. The van der Waals surface area contributed by atoms with Crippen molar-refractivity contribution in [2.45, 2.75) is 45.6 Å². The van der Waals surface area contributed by atoms with E-state index in [1.54, 1.807) is 0 Å². The van der Waals surface area contributed by atoms with E-state index in [-0.39, 0.29) is 5.41 Å². The van der Waals surface area contributed by atoms with Gasteiger partial charge in [-0.05, 0) is 24.7 Å². The van der Waals surface area contributed by atoms with Crippen LogP contribution in [0.25, 0.3) is 0 Å². The molecule has 0 aromatic carbocycles. The van der Waals surface area contributed by atoms with Gasteiger partial charge in [0.2, 0.25) is 0 Å². The third kappa shape index (κ3) is 4.10. The van der Waals surface area contributed by atoms with Crippen molar-refractivity contribution in [1.29, 1.82) is 0 Å². The summed E-state index contributed by atoms with van der Waals surface area (Å²) < 4.78 is 5.32. The monoisotopic (exact) mass is 229 g/mol. The van der Waals surface area contributed by atoms with Crippen molar-refractivity contribution >= 4 is 5.97 Å². The van der Waals surface area contributed by atoms with Crippen LogP contribution in [0.15, 0.2) is 0 Å². The Hall–Kier alpha value is -0.610. The second-order valence-corrected chi connectivity index (χ2v) is 4.98. The molecular weight excluding hydrogens is 206 g/mol. The van der Waals surface area contributed by atoms with Gasteiger partial charge in [0.05, 0.1) is 0 Å². The van der Waals surface area contributed by atoms with E-state index in [0.717, 1.165) is 39.0 Å². The minimum absolute atomic E-state index is 0.194. The topological polar surface area (TPSA) is 58.6 Å². The van der Waals surface area contributed by atoms with E-state index in [2.05, 4.69) is 12.2 Å². The predicted molar refractivity (Wildman–Crippen MR) is 62.5 cm³/mol. The third-order valence-electron chi connectivity index (χ3n) is 3.35. The molecule has 0 aromatic rings. The van der Waals surface area contributed by atoms with Crippen molar-refractivity contribution in [2.75, 3.05) is 19.8 Å². The molecule has 1 heterocycles. The van der Waals surface area contributed by atoms with Crippen LogP contribution in [0.5, 0.6) is 0 Å². The van der Waals surface area contributed by atoms with Crippen molar-refractivity contribution in [2.24, 2.45) is 5.41 Å². The largest absolute Gasteiger partial charge is 0.480 e. The summed E-state index contributed by atoms with van der Waals surface area (Å²) in [5, 5.41) is 12.2. The van der Waals surface area contributed by atoms with Gasteiger partial charge in [-0.2, -0.15) is 0 Å². The molecule has 4 nitrogen and oxygen atoms in total. The first-order valence-electron chi connectivity index (χ1n) is 6.11. The van der Waals surface area contributed by atoms with Gasteiger partial charge in [-0.25, -0.2) is 0 Å². The van der Waals surface area contributed by atoms with Crippen LogP contribution in [-0.4, -0.2) is 36.9 Å². The van der Waals surface area contributed by atoms with Crippen LogP contribution in [0.1, 0.15) is 39.5 Å². The Labute approximate surface area is 97.4 Å². The van der Waals surface area contributed by atoms with E-state index in [1.807, 2.05) is 6.92 Å². The molecule has 0 saturated carbocycles. The van der Waals surface area contributed by atoms with Gasteiger partial charge in [-0.1, -0.05) is 20.3 Å². The van der Waals surface area contributed by atoms with Gasteiger partial charge in [-0.15, -0.1) is 0 Å². The lowest BCUT2D eigenvalue weighted by Crippen LogP contribution is -2.44. The summed E-state index contributed by atoms with van der Waals surface area (Å²) in [6.07, 6.45) is 3.61. The van der Waals surface area contributed by atoms with Gasteiger partial charge in [0.15, 0.2) is 0 Å².